The van der Waals surface area contributed by atoms with Crippen LogP contribution in [-0.2, 0) is 8.85 Å². The zero-order valence-electron chi connectivity index (χ0n) is 7.96. The predicted octanol–water partition coefficient (Wildman–Crippen LogP) is 2.02. The highest BCUT2D eigenvalue weighted by Gasteiger charge is 2.41. The van der Waals surface area contributed by atoms with Gasteiger partial charge in [0.2, 0.25) is 0 Å². The van der Waals surface area contributed by atoms with Crippen molar-refractivity contribution >= 4 is 25.8 Å². The fourth-order valence-corrected chi connectivity index (χ4v) is 3.87. The van der Waals surface area contributed by atoms with Crippen LogP contribution in [0, 0.1) is 0 Å². The number of hydrogen-bond donors (Lipinski definition) is 1. The standard InChI is InChI=1S/C7H16O3SSi/c1-5-6(7(8)11)12(4,9-2)10-3/h6H,5H2,1-4H3,(H,8,11). The first-order chi connectivity index (χ1) is 5.51. The Morgan fingerprint density at radius 3 is 2.00 bits per heavy atom. The molecule has 0 fully saturated rings. The molecule has 72 valence electrons. The van der Waals surface area contributed by atoms with Crippen molar-refractivity contribution in [3.05, 3.63) is 0 Å². The van der Waals surface area contributed by atoms with E-state index in [0.717, 1.165) is 6.42 Å². The molecule has 0 amide bonds. The molecule has 0 spiro atoms. The third-order valence-corrected chi connectivity index (χ3v) is 6.21. The molecule has 0 saturated heterocycles. The maximum atomic E-state index is 9.22. The minimum atomic E-state index is -2.28. The smallest absolute Gasteiger partial charge is 0.346 e. The van der Waals surface area contributed by atoms with Gasteiger partial charge in [0.1, 0.15) is 0 Å². The van der Waals surface area contributed by atoms with E-state index < -0.39 is 8.56 Å². The summed E-state index contributed by atoms with van der Waals surface area (Å²) in [5, 5.41) is 9.21. The van der Waals surface area contributed by atoms with Crippen LogP contribution < -0.4 is 0 Å². The van der Waals surface area contributed by atoms with Crippen LogP contribution in [0.1, 0.15) is 13.3 Å². The third-order valence-electron chi connectivity index (χ3n) is 2.15. The SMILES string of the molecule is CCC(C(O)=S)[Si](C)(OC)OC. The fraction of sp³-hybridized carbons (Fsp3) is 0.857. The largest absolute Gasteiger partial charge is 0.502 e. The van der Waals surface area contributed by atoms with Crippen LogP contribution in [0.4, 0.5) is 0 Å². The van der Waals surface area contributed by atoms with E-state index in [0.29, 0.717) is 0 Å². The topological polar surface area (TPSA) is 38.7 Å². The van der Waals surface area contributed by atoms with Crippen LogP contribution in [0.15, 0.2) is 0 Å². The molecule has 0 aromatic carbocycles. The Morgan fingerprint density at radius 2 is 1.92 bits per heavy atom. The minimum Gasteiger partial charge on any atom is -0.502 e. The van der Waals surface area contributed by atoms with Gasteiger partial charge in [-0.25, -0.2) is 0 Å². The normalized spacial score (nSPS) is 14.3. The zero-order valence-corrected chi connectivity index (χ0v) is 9.77. The molecule has 0 aromatic heterocycles. The summed E-state index contributed by atoms with van der Waals surface area (Å²) in [5.74, 6) is 0. The quantitative estimate of drug-likeness (QED) is 0.554. The van der Waals surface area contributed by atoms with Crippen molar-refractivity contribution in [2.24, 2.45) is 0 Å². The maximum absolute atomic E-state index is 9.22. The van der Waals surface area contributed by atoms with Gasteiger partial charge in [0.15, 0.2) is 5.05 Å². The van der Waals surface area contributed by atoms with Crippen molar-refractivity contribution in [1.82, 2.24) is 0 Å². The Kier molecular flexibility index (Phi) is 4.92. The van der Waals surface area contributed by atoms with Crippen LogP contribution in [0.3, 0.4) is 0 Å². The molecule has 0 rings (SSSR count). The molecule has 1 atom stereocenters. The van der Waals surface area contributed by atoms with Crippen LogP contribution in [0.25, 0.3) is 0 Å². The molecule has 0 heterocycles. The average Bonchev–Trinajstić information content (AvgIpc) is 2.04. The van der Waals surface area contributed by atoms with Gasteiger partial charge >= 0.3 is 8.56 Å². The highest BCUT2D eigenvalue weighted by Crippen LogP contribution is 2.27. The van der Waals surface area contributed by atoms with E-state index in [4.69, 9.17) is 21.1 Å². The number of rotatable bonds is 5. The van der Waals surface area contributed by atoms with Gasteiger partial charge in [-0.3, -0.25) is 0 Å². The van der Waals surface area contributed by atoms with Crippen molar-refractivity contribution in [3.63, 3.8) is 0 Å². The first kappa shape index (κ1) is 12.0. The molecule has 0 bridgehead atoms. The van der Waals surface area contributed by atoms with Gasteiger partial charge < -0.3 is 14.0 Å². The summed E-state index contributed by atoms with van der Waals surface area (Å²) in [7, 11) is 0.907. The summed E-state index contributed by atoms with van der Waals surface area (Å²) in [5.41, 5.74) is -0.123. The number of aliphatic hydroxyl groups is 1. The van der Waals surface area contributed by atoms with E-state index in [-0.39, 0.29) is 10.6 Å². The summed E-state index contributed by atoms with van der Waals surface area (Å²) in [6.45, 7) is 3.85. The second-order valence-electron chi connectivity index (χ2n) is 2.72. The lowest BCUT2D eigenvalue weighted by Crippen LogP contribution is -2.44. The molecule has 3 nitrogen and oxygen atoms in total. The lowest BCUT2D eigenvalue weighted by atomic mass is 10.3. The molecule has 1 unspecified atom stereocenters. The molecule has 0 aliphatic heterocycles. The molecule has 1 N–H and O–H groups in total. The molecular formula is C7H16O3SSi. The van der Waals surface area contributed by atoms with Crippen molar-refractivity contribution < 1.29 is 14.0 Å². The lowest BCUT2D eigenvalue weighted by Gasteiger charge is -2.29. The Balaban J connectivity index is 4.54. The number of thiocarbonyl (C=S) groups is 1. The van der Waals surface area contributed by atoms with E-state index in [9.17, 15) is 5.11 Å². The summed E-state index contributed by atoms with van der Waals surface area (Å²) >= 11 is 4.73. The molecular weight excluding hydrogens is 192 g/mol. The monoisotopic (exact) mass is 208 g/mol. The first-order valence-electron chi connectivity index (χ1n) is 3.85. The van der Waals surface area contributed by atoms with Gasteiger partial charge in [-0.15, -0.1) is 0 Å². The number of aliphatic hydroxyl groups excluding tert-OH is 1. The molecule has 5 heteroatoms. The minimum absolute atomic E-state index is 0.00429. The fourth-order valence-electron chi connectivity index (χ4n) is 1.14. The van der Waals surface area contributed by atoms with Gasteiger partial charge in [0, 0.05) is 14.2 Å². The summed E-state index contributed by atoms with van der Waals surface area (Å²) in [4.78, 5) is 0. The van der Waals surface area contributed by atoms with E-state index in [1.807, 2.05) is 13.5 Å². The van der Waals surface area contributed by atoms with E-state index in [1.165, 1.54) is 0 Å². The second-order valence-corrected chi connectivity index (χ2v) is 6.69. The van der Waals surface area contributed by atoms with Gasteiger partial charge in [-0.1, -0.05) is 6.92 Å². The summed E-state index contributed by atoms with van der Waals surface area (Å²) < 4.78 is 10.5. The van der Waals surface area contributed by atoms with Gasteiger partial charge in [-0.05, 0) is 25.2 Å². The third kappa shape index (κ3) is 2.51. The van der Waals surface area contributed by atoms with Crippen LogP contribution in [-0.4, -0.2) is 32.9 Å². The molecule has 0 saturated carbocycles. The Bertz CT molecular complexity index is 159. The molecule has 0 aliphatic carbocycles. The van der Waals surface area contributed by atoms with Gasteiger partial charge in [0.05, 0.1) is 5.54 Å². The van der Waals surface area contributed by atoms with Gasteiger partial charge in [0.25, 0.3) is 0 Å². The molecule has 0 aliphatic rings. The van der Waals surface area contributed by atoms with E-state index in [2.05, 4.69) is 0 Å². The lowest BCUT2D eigenvalue weighted by molar-refractivity contribution is 0.241. The second kappa shape index (κ2) is 4.91. The summed E-state index contributed by atoms with van der Waals surface area (Å²) in [6, 6.07) is 0. The van der Waals surface area contributed by atoms with Crippen LogP contribution in [0.2, 0.25) is 12.1 Å². The van der Waals surface area contributed by atoms with Crippen molar-refractivity contribution in [2.45, 2.75) is 25.4 Å². The number of hydrogen-bond acceptors (Lipinski definition) is 3. The molecule has 0 aromatic rings. The van der Waals surface area contributed by atoms with E-state index in [1.54, 1.807) is 14.2 Å². The van der Waals surface area contributed by atoms with Crippen molar-refractivity contribution in [1.29, 1.82) is 0 Å². The van der Waals surface area contributed by atoms with Crippen LogP contribution in [0.5, 0.6) is 0 Å². The molecule has 0 radical (unpaired) electrons. The maximum Gasteiger partial charge on any atom is 0.346 e. The highest BCUT2D eigenvalue weighted by molar-refractivity contribution is 7.80. The Labute approximate surface area is 79.9 Å². The Hall–Kier alpha value is 0.0269. The predicted molar refractivity (Wildman–Crippen MR) is 54.9 cm³/mol. The zero-order chi connectivity index (χ0) is 9.78. The van der Waals surface area contributed by atoms with Gasteiger partial charge in [-0.2, -0.15) is 0 Å². The average molecular weight is 208 g/mol. The van der Waals surface area contributed by atoms with Crippen molar-refractivity contribution in [2.75, 3.05) is 14.2 Å². The molecule has 12 heavy (non-hydrogen) atoms. The first-order valence-corrected chi connectivity index (χ1v) is 6.65. The van der Waals surface area contributed by atoms with E-state index >= 15 is 0 Å². The van der Waals surface area contributed by atoms with Crippen LogP contribution >= 0.6 is 12.2 Å². The summed E-state index contributed by atoms with van der Waals surface area (Å²) in [6.07, 6.45) is 0.750. The van der Waals surface area contributed by atoms with Crippen molar-refractivity contribution in [3.8, 4) is 0 Å². The Morgan fingerprint density at radius 1 is 1.50 bits per heavy atom. The highest BCUT2D eigenvalue weighted by atomic mass is 32.1.